The standard InChI is InChI=1S/C10H12FN5O4/c11-10-14-7(12)4-8(15-10)16(2-13-4)9-6(19)5(18)3(1-17)20-9/h2-3,5-6,9,17-19H,1H2,(H2,12,14,15)/t3-,5+,6-,9-/m0/s1. The zero-order chi connectivity index (χ0) is 14.4. The van der Waals surface area contributed by atoms with Crippen LogP contribution in [0.4, 0.5) is 10.2 Å². The van der Waals surface area contributed by atoms with Crippen LogP contribution in [0, 0.1) is 6.08 Å². The highest BCUT2D eigenvalue weighted by Crippen LogP contribution is 2.31. The largest absolute Gasteiger partial charge is 0.394 e. The van der Waals surface area contributed by atoms with Gasteiger partial charge in [-0.15, -0.1) is 0 Å². The summed E-state index contributed by atoms with van der Waals surface area (Å²) in [7, 11) is 0. The number of aliphatic hydroxyl groups is 3. The molecule has 0 amide bonds. The summed E-state index contributed by atoms with van der Waals surface area (Å²) in [5.41, 5.74) is 5.71. The fraction of sp³-hybridized carbons (Fsp3) is 0.500. The fourth-order valence-electron chi connectivity index (χ4n) is 2.21. The maximum absolute atomic E-state index is 13.2. The minimum Gasteiger partial charge on any atom is -0.394 e. The number of nitrogen functional groups attached to an aromatic ring is 1. The highest BCUT2D eigenvalue weighted by molar-refractivity contribution is 5.81. The molecule has 4 atom stereocenters. The number of ether oxygens (including phenoxy) is 1. The van der Waals surface area contributed by atoms with E-state index in [1.165, 1.54) is 10.9 Å². The summed E-state index contributed by atoms with van der Waals surface area (Å²) in [4.78, 5) is 10.8. The Hall–Kier alpha value is -1.88. The van der Waals surface area contributed by atoms with Crippen molar-refractivity contribution < 1.29 is 24.4 Å². The minimum absolute atomic E-state index is 0.0323. The Kier molecular flexibility index (Phi) is 3.01. The second-order valence-electron chi connectivity index (χ2n) is 4.43. The monoisotopic (exact) mass is 285 g/mol. The first-order chi connectivity index (χ1) is 9.52. The van der Waals surface area contributed by atoms with E-state index in [-0.39, 0.29) is 17.0 Å². The normalized spacial score (nSPS) is 30.2. The minimum atomic E-state index is -1.32. The summed E-state index contributed by atoms with van der Waals surface area (Å²) in [6.45, 7) is -0.465. The molecule has 1 aliphatic heterocycles. The summed E-state index contributed by atoms with van der Waals surface area (Å²) in [5.74, 6) is -0.141. The Labute approximate surface area is 111 Å². The first-order valence-electron chi connectivity index (χ1n) is 5.81. The number of hydrogen-bond acceptors (Lipinski definition) is 8. The van der Waals surface area contributed by atoms with Gasteiger partial charge in [0.15, 0.2) is 23.2 Å². The number of rotatable bonds is 2. The lowest BCUT2D eigenvalue weighted by Crippen LogP contribution is -2.33. The number of halogens is 1. The van der Waals surface area contributed by atoms with Gasteiger partial charge in [0.25, 0.3) is 0 Å². The number of imidazole rings is 1. The SMILES string of the molecule is Nc1nc(F)nc2c1ncn2[C@H]1O[C@@H](CO)[C@@H](O)[C@@H]1O. The molecule has 0 aromatic carbocycles. The van der Waals surface area contributed by atoms with Crippen molar-refractivity contribution in [2.75, 3.05) is 12.3 Å². The van der Waals surface area contributed by atoms with Gasteiger partial charge in [0, 0.05) is 0 Å². The van der Waals surface area contributed by atoms with Crippen LogP contribution in [-0.2, 0) is 4.74 Å². The third kappa shape index (κ3) is 1.81. The molecule has 1 aliphatic rings. The second kappa shape index (κ2) is 4.59. The van der Waals surface area contributed by atoms with Crippen LogP contribution < -0.4 is 5.73 Å². The first kappa shape index (κ1) is 13.1. The van der Waals surface area contributed by atoms with E-state index in [0.717, 1.165) is 0 Å². The van der Waals surface area contributed by atoms with Gasteiger partial charge in [-0.3, -0.25) is 4.57 Å². The third-order valence-electron chi connectivity index (χ3n) is 3.21. The highest BCUT2D eigenvalue weighted by Gasteiger charge is 2.44. The topological polar surface area (TPSA) is 140 Å². The number of hydrogen-bond donors (Lipinski definition) is 4. The molecule has 10 heteroatoms. The Morgan fingerprint density at radius 3 is 2.75 bits per heavy atom. The van der Waals surface area contributed by atoms with Crippen molar-refractivity contribution in [3.63, 3.8) is 0 Å². The van der Waals surface area contributed by atoms with E-state index in [9.17, 15) is 14.6 Å². The Morgan fingerprint density at radius 2 is 2.10 bits per heavy atom. The molecule has 3 heterocycles. The zero-order valence-corrected chi connectivity index (χ0v) is 10.1. The third-order valence-corrected chi connectivity index (χ3v) is 3.21. The maximum atomic E-state index is 13.2. The van der Waals surface area contributed by atoms with Gasteiger partial charge in [0.05, 0.1) is 12.9 Å². The fourth-order valence-corrected chi connectivity index (χ4v) is 2.21. The quantitative estimate of drug-likeness (QED) is 0.472. The predicted molar refractivity (Wildman–Crippen MR) is 62.7 cm³/mol. The molecule has 1 saturated heterocycles. The smallest absolute Gasteiger partial charge is 0.312 e. The number of nitrogens with zero attached hydrogens (tertiary/aromatic N) is 4. The lowest BCUT2D eigenvalue weighted by Gasteiger charge is -2.16. The van der Waals surface area contributed by atoms with E-state index in [1.54, 1.807) is 0 Å². The van der Waals surface area contributed by atoms with Crippen molar-refractivity contribution in [2.45, 2.75) is 24.5 Å². The van der Waals surface area contributed by atoms with Crippen LogP contribution in [0.5, 0.6) is 0 Å². The Balaban J connectivity index is 2.07. The van der Waals surface area contributed by atoms with Crippen LogP contribution in [0.3, 0.4) is 0 Å². The average molecular weight is 285 g/mol. The maximum Gasteiger partial charge on any atom is 0.312 e. The molecule has 108 valence electrons. The lowest BCUT2D eigenvalue weighted by molar-refractivity contribution is -0.0511. The molecule has 0 unspecified atom stereocenters. The number of anilines is 1. The molecular formula is C10H12FN5O4. The molecule has 0 radical (unpaired) electrons. The molecule has 1 fully saturated rings. The molecular weight excluding hydrogens is 273 g/mol. The molecule has 0 saturated carbocycles. The van der Waals surface area contributed by atoms with Crippen molar-refractivity contribution >= 4 is 17.0 Å². The molecule has 0 spiro atoms. The van der Waals surface area contributed by atoms with Crippen LogP contribution in [0.15, 0.2) is 6.33 Å². The van der Waals surface area contributed by atoms with Crippen molar-refractivity contribution in [2.24, 2.45) is 0 Å². The summed E-state index contributed by atoms with van der Waals surface area (Å²) in [5, 5.41) is 28.7. The van der Waals surface area contributed by atoms with Gasteiger partial charge < -0.3 is 25.8 Å². The summed E-state index contributed by atoms with van der Waals surface area (Å²) in [6, 6.07) is 0. The van der Waals surface area contributed by atoms with Gasteiger partial charge in [0.2, 0.25) is 0 Å². The van der Waals surface area contributed by atoms with Crippen LogP contribution in [0.1, 0.15) is 6.23 Å². The molecule has 20 heavy (non-hydrogen) atoms. The van der Waals surface area contributed by atoms with Gasteiger partial charge in [0.1, 0.15) is 18.3 Å². The molecule has 2 aromatic rings. The number of aliphatic hydroxyl groups excluding tert-OH is 3. The van der Waals surface area contributed by atoms with Gasteiger partial charge in [-0.2, -0.15) is 14.4 Å². The van der Waals surface area contributed by atoms with E-state index >= 15 is 0 Å². The second-order valence-corrected chi connectivity index (χ2v) is 4.43. The molecule has 5 N–H and O–H groups in total. The molecule has 9 nitrogen and oxygen atoms in total. The van der Waals surface area contributed by atoms with Gasteiger partial charge in [-0.1, -0.05) is 0 Å². The van der Waals surface area contributed by atoms with E-state index in [4.69, 9.17) is 15.6 Å². The van der Waals surface area contributed by atoms with Gasteiger partial charge in [-0.05, 0) is 0 Å². The number of nitrogens with two attached hydrogens (primary N) is 1. The highest BCUT2D eigenvalue weighted by atomic mass is 19.1. The van der Waals surface area contributed by atoms with Crippen LogP contribution in [0.25, 0.3) is 11.2 Å². The summed E-state index contributed by atoms with van der Waals surface area (Å²) >= 11 is 0. The van der Waals surface area contributed by atoms with Gasteiger partial charge >= 0.3 is 6.08 Å². The molecule has 0 aliphatic carbocycles. The van der Waals surface area contributed by atoms with E-state index in [1.807, 2.05) is 0 Å². The van der Waals surface area contributed by atoms with Crippen LogP contribution in [-0.4, -0.2) is 59.8 Å². The van der Waals surface area contributed by atoms with Crippen molar-refractivity contribution in [1.82, 2.24) is 19.5 Å². The van der Waals surface area contributed by atoms with Crippen LogP contribution >= 0.6 is 0 Å². The van der Waals surface area contributed by atoms with E-state index < -0.39 is 37.2 Å². The van der Waals surface area contributed by atoms with Crippen molar-refractivity contribution in [1.29, 1.82) is 0 Å². The lowest BCUT2D eigenvalue weighted by atomic mass is 10.1. The summed E-state index contributed by atoms with van der Waals surface area (Å²) in [6.07, 6.45) is -4.38. The average Bonchev–Trinajstić information content (AvgIpc) is 2.93. The zero-order valence-electron chi connectivity index (χ0n) is 10.1. The van der Waals surface area contributed by atoms with Gasteiger partial charge in [-0.25, -0.2) is 4.98 Å². The number of fused-ring (bicyclic) bond motifs is 1. The van der Waals surface area contributed by atoms with Crippen LogP contribution in [0.2, 0.25) is 0 Å². The first-order valence-corrected chi connectivity index (χ1v) is 5.81. The molecule has 3 rings (SSSR count). The molecule has 2 aromatic heterocycles. The Morgan fingerprint density at radius 1 is 1.35 bits per heavy atom. The van der Waals surface area contributed by atoms with E-state index in [2.05, 4.69) is 15.0 Å². The Bertz CT molecular complexity index is 650. The van der Waals surface area contributed by atoms with Crippen molar-refractivity contribution in [3.8, 4) is 0 Å². The number of aromatic nitrogens is 4. The van der Waals surface area contributed by atoms with Crippen molar-refractivity contribution in [3.05, 3.63) is 12.4 Å². The predicted octanol–water partition coefficient (Wildman–Crippen LogP) is -1.84. The summed E-state index contributed by atoms with van der Waals surface area (Å²) < 4.78 is 19.8. The van der Waals surface area contributed by atoms with E-state index in [0.29, 0.717) is 0 Å². The molecule has 0 bridgehead atoms.